The Bertz CT molecular complexity index is 322. The van der Waals surface area contributed by atoms with E-state index in [-0.39, 0.29) is 5.97 Å². The number of carboxylic acids is 1. The largest absolute Gasteiger partial charge is 0.480 e. The average Bonchev–Trinajstić information content (AvgIpc) is 2.37. The number of nitrogens with two attached hydrogens (primary N) is 1. The SMILES string of the molecule is C=CC=CCC(=C)C(=O)OC.N[C@@H](CO)C(=O)O. The monoisotopic (exact) mass is 257 g/mol. The van der Waals surface area contributed by atoms with Crippen molar-refractivity contribution >= 4 is 11.9 Å². The van der Waals surface area contributed by atoms with E-state index in [1.807, 2.05) is 0 Å². The van der Waals surface area contributed by atoms with Crippen molar-refractivity contribution in [1.29, 1.82) is 0 Å². The second-order valence-corrected chi connectivity index (χ2v) is 3.09. The number of hydrogen-bond acceptors (Lipinski definition) is 5. The Morgan fingerprint density at radius 1 is 1.50 bits per heavy atom. The summed E-state index contributed by atoms with van der Waals surface area (Å²) in [4.78, 5) is 20.4. The standard InChI is InChI=1S/C9H12O2.C3H7NO3/c1-4-5-6-7-8(2)9(10)11-3;4-2(1-5)3(6)7/h4-6H,1-2,7H2,3H3;2,5H,1,4H2,(H,6,7)/t;2-/m.0/s1. The molecule has 6 nitrogen and oxygen atoms in total. The van der Waals surface area contributed by atoms with Crippen LogP contribution in [0, 0.1) is 0 Å². The summed E-state index contributed by atoms with van der Waals surface area (Å²) in [6.07, 6.45) is 5.71. The van der Waals surface area contributed by atoms with Gasteiger partial charge < -0.3 is 20.7 Å². The highest BCUT2D eigenvalue weighted by molar-refractivity contribution is 5.87. The van der Waals surface area contributed by atoms with E-state index >= 15 is 0 Å². The fraction of sp³-hybridized carbons (Fsp3) is 0.333. The lowest BCUT2D eigenvalue weighted by atomic mass is 10.2. The van der Waals surface area contributed by atoms with E-state index in [9.17, 15) is 9.59 Å². The molecule has 0 aromatic rings. The number of ether oxygens (including phenoxy) is 1. The molecule has 0 aliphatic carbocycles. The predicted octanol–water partition coefficient (Wildman–Crippen LogP) is 0.238. The molecule has 0 radical (unpaired) electrons. The molecule has 0 unspecified atom stereocenters. The maximum Gasteiger partial charge on any atom is 0.333 e. The van der Waals surface area contributed by atoms with E-state index in [1.54, 1.807) is 18.2 Å². The molecular formula is C12H19NO5. The molecule has 0 bridgehead atoms. The zero-order chi connectivity index (χ0) is 14.6. The average molecular weight is 257 g/mol. The summed E-state index contributed by atoms with van der Waals surface area (Å²) in [7, 11) is 1.34. The van der Waals surface area contributed by atoms with E-state index in [1.165, 1.54) is 7.11 Å². The molecule has 4 N–H and O–H groups in total. The molecule has 0 saturated carbocycles. The molecule has 0 aromatic carbocycles. The number of rotatable bonds is 6. The second kappa shape index (κ2) is 11.6. The number of aliphatic hydroxyl groups is 1. The molecule has 18 heavy (non-hydrogen) atoms. The Labute approximate surface area is 106 Å². The number of esters is 1. The van der Waals surface area contributed by atoms with Gasteiger partial charge in [-0.1, -0.05) is 31.4 Å². The van der Waals surface area contributed by atoms with Crippen molar-refractivity contribution in [3.8, 4) is 0 Å². The van der Waals surface area contributed by atoms with Crippen LogP contribution in [-0.2, 0) is 14.3 Å². The van der Waals surface area contributed by atoms with Crippen LogP contribution in [0.25, 0.3) is 0 Å². The number of hydrogen-bond donors (Lipinski definition) is 3. The van der Waals surface area contributed by atoms with Crippen LogP contribution in [0.5, 0.6) is 0 Å². The van der Waals surface area contributed by atoms with Crippen molar-refractivity contribution in [2.75, 3.05) is 13.7 Å². The Hall–Kier alpha value is -1.92. The van der Waals surface area contributed by atoms with E-state index < -0.39 is 18.6 Å². The zero-order valence-corrected chi connectivity index (χ0v) is 10.3. The lowest BCUT2D eigenvalue weighted by Crippen LogP contribution is -2.33. The van der Waals surface area contributed by atoms with Crippen LogP contribution in [0.3, 0.4) is 0 Å². The van der Waals surface area contributed by atoms with Crippen LogP contribution >= 0.6 is 0 Å². The van der Waals surface area contributed by atoms with Crippen LogP contribution in [0.1, 0.15) is 6.42 Å². The number of carbonyl (C=O) groups excluding carboxylic acids is 1. The number of carbonyl (C=O) groups is 2. The third-order valence-corrected chi connectivity index (χ3v) is 1.62. The lowest BCUT2D eigenvalue weighted by Gasteiger charge is -1.97. The van der Waals surface area contributed by atoms with Crippen molar-refractivity contribution in [1.82, 2.24) is 0 Å². The van der Waals surface area contributed by atoms with Crippen molar-refractivity contribution in [3.05, 3.63) is 37.0 Å². The smallest absolute Gasteiger partial charge is 0.333 e. The van der Waals surface area contributed by atoms with Gasteiger partial charge in [0, 0.05) is 5.57 Å². The molecule has 0 aliphatic heterocycles. The van der Waals surface area contributed by atoms with Gasteiger partial charge in [-0.2, -0.15) is 0 Å². The number of aliphatic carboxylic acids is 1. The molecule has 0 rings (SSSR count). The molecule has 0 fully saturated rings. The fourth-order valence-electron chi connectivity index (χ4n) is 0.612. The summed E-state index contributed by atoms with van der Waals surface area (Å²) in [5.41, 5.74) is 5.22. The highest BCUT2D eigenvalue weighted by Crippen LogP contribution is 2.00. The van der Waals surface area contributed by atoms with Crippen LogP contribution in [0.15, 0.2) is 37.0 Å². The van der Waals surface area contributed by atoms with E-state index in [4.69, 9.17) is 15.9 Å². The first kappa shape index (κ1) is 18.4. The van der Waals surface area contributed by atoms with Gasteiger partial charge in [0.25, 0.3) is 0 Å². The fourth-order valence-corrected chi connectivity index (χ4v) is 0.612. The summed E-state index contributed by atoms with van der Waals surface area (Å²) < 4.78 is 4.44. The van der Waals surface area contributed by atoms with Gasteiger partial charge in [-0.3, -0.25) is 4.79 Å². The van der Waals surface area contributed by atoms with Crippen LogP contribution in [0.2, 0.25) is 0 Å². The van der Waals surface area contributed by atoms with Crippen molar-refractivity contribution in [3.63, 3.8) is 0 Å². The number of aliphatic hydroxyl groups excluding tert-OH is 1. The van der Waals surface area contributed by atoms with Crippen LogP contribution < -0.4 is 5.73 Å². The topological polar surface area (TPSA) is 110 Å². The second-order valence-electron chi connectivity index (χ2n) is 3.09. The van der Waals surface area contributed by atoms with E-state index in [2.05, 4.69) is 17.9 Å². The summed E-state index contributed by atoms with van der Waals surface area (Å²) in [5.74, 6) is -1.54. The summed E-state index contributed by atoms with van der Waals surface area (Å²) in [5, 5.41) is 15.9. The maximum atomic E-state index is 10.7. The minimum atomic E-state index is -1.18. The molecule has 0 spiro atoms. The summed E-state index contributed by atoms with van der Waals surface area (Å²) in [6.45, 7) is 6.52. The third-order valence-electron chi connectivity index (χ3n) is 1.62. The van der Waals surface area contributed by atoms with Crippen molar-refractivity contribution in [2.24, 2.45) is 5.73 Å². The molecular weight excluding hydrogens is 238 g/mol. The number of carboxylic acid groups (broad SMARTS) is 1. The Morgan fingerprint density at radius 2 is 2.06 bits per heavy atom. The van der Waals surface area contributed by atoms with E-state index in [0.29, 0.717) is 12.0 Å². The maximum absolute atomic E-state index is 10.7. The van der Waals surface area contributed by atoms with E-state index in [0.717, 1.165) is 0 Å². The van der Waals surface area contributed by atoms with Gasteiger partial charge in [0.2, 0.25) is 0 Å². The molecule has 6 heteroatoms. The normalized spacial score (nSPS) is 11.1. The summed E-state index contributed by atoms with van der Waals surface area (Å²) in [6, 6.07) is -1.13. The first-order chi connectivity index (χ1) is 8.40. The van der Waals surface area contributed by atoms with Gasteiger partial charge in [0.05, 0.1) is 13.7 Å². The van der Waals surface area contributed by atoms with Crippen LogP contribution in [-0.4, -0.2) is 41.9 Å². The summed E-state index contributed by atoms with van der Waals surface area (Å²) >= 11 is 0. The highest BCUT2D eigenvalue weighted by atomic mass is 16.5. The first-order valence-corrected chi connectivity index (χ1v) is 5.03. The Kier molecular flexibility index (Phi) is 11.8. The molecule has 1 atom stereocenters. The van der Waals surface area contributed by atoms with Gasteiger partial charge in [0.1, 0.15) is 6.04 Å². The van der Waals surface area contributed by atoms with Gasteiger partial charge in [-0.25, -0.2) is 4.79 Å². The lowest BCUT2D eigenvalue weighted by molar-refractivity contribution is -0.139. The van der Waals surface area contributed by atoms with Crippen LogP contribution in [0.4, 0.5) is 0 Å². The molecule has 0 aliphatic rings. The molecule has 102 valence electrons. The van der Waals surface area contributed by atoms with Gasteiger partial charge in [-0.15, -0.1) is 0 Å². The quantitative estimate of drug-likeness (QED) is 0.357. The highest BCUT2D eigenvalue weighted by Gasteiger charge is 2.07. The number of allylic oxidation sites excluding steroid dienone is 3. The zero-order valence-electron chi connectivity index (χ0n) is 10.3. The van der Waals surface area contributed by atoms with Gasteiger partial charge in [0.15, 0.2) is 0 Å². The molecule has 0 saturated heterocycles. The van der Waals surface area contributed by atoms with Gasteiger partial charge in [-0.05, 0) is 6.42 Å². The minimum Gasteiger partial charge on any atom is -0.480 e. The minimum absolute atomic E-state index is 0.362. The molecule has 0 heterocycles. The first-order valence-electron chi connectivity index (χ1n) is 5.03. The molecule has 0 amide bonds. The number of methoxy groups -OCH3 is 1. The van der Waals surface area contributed by atoms with Crippen molar-refractivity contribution in [2.45, 2.75) is 12.5 Å². The third kappa shape index (κ3) is 10.6. The Balaban J connectivity index is 0. The Morgan fingerprint density at radius 3 is 2.33 bits per heavy atom. The predicted molar refractivity (Wildman–Crippen MR) is 67.8 cm³/mol. The van der Waals surface area contributed by atoms with Gasteiger partial charge >= 0.3 is 11.9 Å². The molecule has 0 aromatic heterocycles. The van der Waals surface area contributed by atoms with Crippen molar-refractivity contribution < 1.29 is 24.5 Å².